The topological polar surface area (TPSA) is 150 Å². The summed E-state index contributed by atoms with van der Waals surface area (Å²) in [5, 5.41) is 6.25. The van der Waals surface area contributed by atoms with Crippen molar-refractivity contribution in [3.8, 4) is 0 Å². The Morgan fingerprint density at radius 1 is 0.714 bits per heavy atom. The Bertz CT molecular complexity index is 16.4. The summed E-state index contributed by atoms with van der Waals surface area (Å²) in [5.74, 6) is 0. The normalized spacial score (nSPS) is 0.286. The maximum atomic E-state index is 6.25. The van der Waals surface area contributed by atoms with E-state index in [-0.39, 0.29) is 38.4 Å². The predicted molar refractivity (Wildman–Crippen MR) is 19.4 cm³/mol. The van der Waals surface area contributed by atoms with Gasteiger partial charge in [-0.1, -0.05) is 0 Å². The van der Waals surface area contributed by atoms with Crippen LogP contribution in [0.1, 0.15) is 0 Å². The molecule has 8 N–H and O–H groups in total. The summed E-state index contributed by atoms with van der Waals surface area (Å²) in [6.07, 6.45) is 0. The Labute approximate surface area is 51.1 Å². The summed E-state index contributed by atoms with van der Waals surface area (Å²) in [4.78, 5) is 0. The third-order valence-electron chi connectivity index (χ3n) is 0. The first-order valence-electron chi connectivity index (χ1n) is 0.224. The summed E-state index contributed by atoms with van der Waals surface area (Å²) in [6.45, 7) is 4.75. The molecule has 0 aliphatic carbocycles. The van der Waals surface area contributed by atoms with Gasteiger partial charge in [-0.2, -0.15) is 0 Å². The molecule has 0 spiro atoms. The summed E-state index contributed by atoms with van der Waals surface area (Å²) >= 11 is 0. The standard InChI is InChI=1S/CN.Ni.4H2O/c1-2;;;;;/h;;4*1H2/q-1;+2;;;;. The molecule has 0 amide bonds. The Kier molecular flexibility index (Phi) is 212000. The van der Waals surface area contributed by atoms with E-state index in [4.69, 9.17) is 11.8 Å². The van der Waals surface area contributed by atoms with Crippen LogP contribution in [-0.2, 0) is 16.5 Å². The van der Waals surface area contributed by atoms with Crippen LogP contribution in [0.4, 0.5) is 0 Å². The molecule has 7 heavy (non-hydrogen) atoms. The zero-order valence-corrected chi connectivity index (χ0v) is 4.25. The van der Waals surface area contributed by atoms with Crippen molar-refractivity contribution >= 4 is 0 Å². The molecule has 0 aromatic heterocycles. The van der Waals surface area contributed by atoms with Gasteiger partial charge in [0.05, 0.1) is 0 Å². The second-order valence-corrected chi connectivity index (χ2v) is 0. The molecular formula is CH8NNiO4+. The van der Waals surface area contributed by atoms with E-state index >= 15 is 0 Å². The minimum atomic E-state index is 0. The van der Waals surface area contributed by atoms with Gasteiger partial charge in [0.1, 0.15) is 0 Å². The van der Waals surface area contributed by atoms with E-state index in [0.29, 0.717) is 0 Å². The van der Waals surface area contributed by atoms with Crippen molar-refractivity contribution in [1.29, 1.82) is 5.26 Å². The maximum absolute atomic E-state index is 6.25. The van der Waals surface area contributed by atoms with Crippen LogP contribution in [0.25, 0.3) is 0 Å². The smallest absolute Gasteiger partial charge is 0.512 e. The van der Waals surface area contributed by atoms with Crippen LogP contribution in [0, 0.1) is 11.8 Å². The van der Waals surface area contributed by atoms with Gasteiger partial charge in [-0.05, 0) is 0 Å². The van der Waals surface area contributed by atoms with Crippen LogP contribution in [-0.4, -0.2) is 21.9 Å². The van der Waals surface area contributed by atoms with Crippen LogP contribution in [0.15, 0.2) is 0 Å². The third kappa shape index (κ3) is 2730. The Hall–Kier alpha value is -0.176. The van der Waals surface area contributed by atoms with E-state index in [1.165, 1.54) is 0 Å². The molecular weight excluding hydrogens is 149 g/mol. The van der Waals surface area contributed by atoms with E-state index in [2.05, 4.69) is 0 Å². The molecule has 50 valence electrons. The third-order valence-corrected chi connectivity index (χ3v) is 0. The molecule has 0 fully saturated rings. The molecule has 0 heterocycles. The Balaban J connectivity index is -0.000000000500. The molecule has 0 unspecified atom stereocenters. The summed E-state index contributed by atoms with van der Waals surface area (Å²) in [7, 11) is 0. The Morgan fingerprint density at radius 3 is 0.714 bits per heavy atom. The maximum Gasteiger partial charge on any atom is 2.00 e. The van der Waals surface area contributed by atoms with Gasteiger partial charge in [-0.15, -0.1) is 0 Å². The predicted octanol–water partition coefficient (Wildman–Crippen LogP) is -3.20. The van der Waals surface area contributed by atoms with Crippen LogP contribution in [0.5, 0.6) is 0 Å². The van der Waals surface area contributed by atoms with E-state index in [9.17, 15) is 0 Å². The van der Waals surface area contributed by atoms with Gasteiger partial charge in [0, 0.05) is 0 Å². The van der Waals surface area contributed by atoms with Gasteiger partial charge in [0.2, 0.25) is 0 Å². The number of hydrogen-bond donors (Lipinski definition) is 0. The fourth-order valence-electron chi connectivity index (χ4n) is 0. The molecule has 0 saturated carbocycles. The molecule has 6 heteroatoms. The van der Waals surface area contributed by atoms with Crippen molar-refractivity contribution in [2.45, 2.75) is 0 Å². The monoisotopic (exact) mass is 156 g/mol. The summed E-state index contributed by atoms with van der Waals surface area (Å²) in [5.41, 5.74) is 0. The zero-order valence-electron chi connectivity index (χ0n) is 3.26. The van der Waals surface area contributed by atoms with Crippen LogP contribution in [0.2, 0.25) is 0 Å². The summed E-state index contributed by atoms with van der Waals surface area (Å²) in [6, 6.07) is 0. The van der Waals surface area contributed by atoms with Gasteiger partial charge in [0.25, 0.3) is 0 Å². The summed E-state index contributed by atoms with van der Waals surface area (Å²) < 4.78 is 0. The van der Waals surface area contributed by atoms with Gasteiger partial charge in [-0.25, -0.2) is 0 Å². The van der Waals surface area contributed by atoms with Gasteiger partial charge >= 0.3 is 16.5 Å². The second-order valence-electron chi connectivity index (χ2n) is 0. The van der Waals surface area contributed by atoms with E-state index in [1.807, 2.05) is 0 Å². The van der Waals surface area contributed by atoms with Crippen molar-refractivity contribution in [3.63, 3.8) is 0 Å². The van der Waals surface area contributed by atoms with Crippen molar-refractivity contribution in [3.05, 3.63) is 6.57 Å². The van der Waals surface area contributed by atoms with Gasteiger partial charge in [0.15, 0.2) is 0 Å². The fraction of sp³-hybridized carbons (Fsp3) is 0. The first-order chi connectivity index (χ1) is 1.00. The average molecular weight is 157 g/mol. The van der Waals surface area contributed by atoms with E-state index < -0.39 is 0 Å². The SMILES string of the molecule is O.O.O.O.[C-]#N.[Ni+2]. The molecule has 0 atom stereocenters. The van der Waals surface area contributed by atoms with Crippen molar-refractivity contribution < 1.29 is 38.4 Å². The van der Waals surface area contributed by atoms with Crippen LogP contribution >= 0.6 is 0 Å². The molecule has 0 aliphatic rings. The Morgan fingerprint density at radius 2 is 0.714 bits per heavy atom. The second kappa shape index (κ2) is 4350. The number of rotatable bonds is 0. The number of nitrogens with zero attached hydrogens (tertiary/aromatic N) is 1. The van der Waals surface area contributed by atoms with Crippen molar-refractivity contribution in [2.75, 3.05) is 0 Å². The largest absolute Gasteiger partial charge is 2.00 e. The van der Waals surface area contributed by atoms with Crippen molar-refractivity contribution in [1.82, 2.24) is 0 Å². The van der Waals surface area contributed by atoms with E-state index in [1.54, 1.807) is 0 Å². The first-order valence-corrected chi connectivity index (χ1v) is 0.224. The molecule has 5 nitrogen and oxygen atoms in total. The molecule has 0 aromatic rings. The molecule has 0 bridgehead atoms. The molecule has 0 aromatic carbocycles. The van der Waals surface area contributed by atoms with E-state index in [0.717, 1.165) is 0 Å². The van der Waals surface area contributed by atoms with Gasteiger partial charge < -0.3 is 33.7 Å². The average Bonchev–Trinajstić information content (AvgIpc) is 1.00. The molecule has 0 saturated heterocycles. The molecule has 0 rings (SSSR count). The number of hydrogen-bond acceptors (Lipinski definition) is 1. The van der Waals surface area contributed by atoms with Gasteiger partial charge in [-0.3, -0.25) is 0 Å². The molecule has 0 radical (unpaired) electrons. The van der Waals surface area contributed by atoms with Crippen LogP contribution in [0.3, 0.4) is 0 Å². The molecule has 0 aliphatic heterocycles. The zero-order chi connectivity index (χ0) is 2.00. The van der Waals surface area contributed by atoms with Crippen LogP contribution < -0.4 is 0 Å². The minimum Gasteiger partial charge on any atom is -0.512 e. The quantitative estimate of drug-likeness (QED) is 0.263. The van der Waals surface area contributed by atoms with Crippen molar-refractivity contribution in [2.24, 2.45) is 0 Å². The fourth-order valence-corrected chi connectivity index (χ4v) is 0. The first kappa shape index (κ1) is 341. The minimum absolute atomic E-state index is 0.